The smallest absolute Gasteiger partial charge is 0.413 e. The van der Waals surface area contributed by atoms with E-state index in [1.165, 1.54) is 11.3 Å². The normalized spacial score (nSPS) is 20.4. The van der Waals surface area contributed by atoms with Crippen LogP contribution in [0.4, 0.5) is 9.93 Å². The van der Waals surface area contributed by atoms with Crippen molar-refractivity contribution in [2.45, 2.75) is 45.3 Å². The Morgan fingerprint density at radius 2 is 2.17 bits per heavy atom. The minimum Gasteiger partial charge on any atom is -0.480 e. The number of anilines is 1. The fourth-order valence-corrected chi connectivity index (χ4v) is 2.93. The van der Waals surface area contributed by atoms with Crippen LogP contribution in [-0.2, 0) is 20.7 Å². The lowest BCUT2D eigenvalue weighted by Gasteiger charge is -2.33. The first kappa shape index (κ1) is 17.2. The largest absolute Gasteiger partial charge is 0.480 e. The Hall–Kier alpha value is -2.16. The van der Waals surface area contributed by atoms with Gasteiger partial charge in [0.1, 0.15) is 11.6 Å². The standard InChI is InChI=1S/C14H19N3O5S/c1-14(2,3)22-13(21)17-12-15-6-7(23-12)4-5-8-9(11(19)20)16-10(8)18/h6,8-9H,4-5H2,1-3H3,(H,16,18)(H,19,20)(H,15,17,21)/t8-,9+/m1/s1. The van der Waals surface area contributed by atoms with Crippen molar-refractivity contribution in [2.75, 3.05) is 5.32 Å². The zero-order chi connectivity index (χ0) is 17.2. The number of carboxylic acid groups (broad SMARTS) is 1. The number of rotatable bonds is 5. The number of nitrogens with one attached hydrogen (secondary N) is 2. The van der Waals surface area contributed by atoms with E-state index in [1.807, 2.05) is 0 Å². The lowest BCUT2D eigenvalue weighted by atomic mass is 9.86. The summed E-state index contributed by atoms with van der Waals surface area (Å²) in [5.41, 5.74) is -0.590. The van der Waals surface area contributed by atoms with E-state index >= 15 is 0 Å². The maximum absolute atomic E-state index is 11.6. The van der Waals surface area contributed by atoms with Crippen LogP contribution in [0, 0.1) is 5.92 Å². The molecular weight excluding hydrogens is 322 g/mol. The Morgan fingerprint density at radius 1 is 1.48 bits per heavy atom. The third-order valence-electron chi connectivity index (χ3n) is 3.17. The first-order valence-corrected chi connectivity index (χ1v) is 7.95. The van der Waals surface area contributed by atoms with E-state index in [-0.39, 0.29) is 5.91 Å². The summed E-state index contributed by atoms with van der Waals surface area (Å²) < 4.78 is 5.13. The van der Waals surface area contributed by atoms with E-state index in [1.54, 1.807) is 27.0 Å². The number of nitrogens with zero attached hydrogens (tertiary/aromatic N) is 1. The highest BCUT2D eigenvalue weighted by Gasteiger charge is 2.43. The van der Waals surface area contributed by atoms with Gasteiger partial charge in [-0.3, -0.25) is 10.1 Å². The fraction of sp³-hybridized carbons (Fsp3) is 0.571. The summed E-state index contributed by atoms with van der Waals surface area (Å²) >= 11 is 1.27. The molecule has 0 saturated carbocycles. The van der Waals surface area contributed by atoms with Gasteiger partial charge in [-0.25, -0.2) is 14.6 Å². The molecule has 0 radical (unpaired) electrons. The molecule has 1 fully saturated rings. The summed E-state index contributed by atoms with van der Waals surface area (Å²) in [5, 5.41) is 14.2. The number of hydrogen-bond acceptors (Lipinski definition) is 6. The summed E-state index contributed by atoms with van der Waals surface area (Å²) in [5.74, 6) is -1.78. The molecule has 126 valence electrons. The predicted octanol–water partition coefficient (Wildman–Crippen LogP) is 1.62. The highest BCUT2D eigenvalue weighted by atomic mass is 32.1. The van der Waals surface area contributed by atoms with Crippen LogP contribution in [0.1, 0.15) is 32.1 Å². The van der Waals surface area contributed by atoms with Gasteiger partial charge in [-0.2, -0.15) is 0 Å². The number of thiazole rings is 1. The predicted molar refractivity (Wildman–Crippen MR) is 83.3 cm³/mol. The number of carboxylic acids is 1. The number of ether oxygens (including phenoxy) is 1. The van der Waals surface area contributed by atoms with Crippen LogP contribution in [0.2, 0.25) is 0 Å². The van der Waals surface area contributed by atoms with Crippen LogP contribution in [-0.4, -0.2) is 39.7 Å². The quantitative estimate of drug-likeness (QED) is 0.701. The number of β-lactam (4-membered cyclic amide) rings is 1. The molecule has 23 heavy (non-hydrogen) atoms. The highest BCUT2D eigenvalue weighted by molar-refractivity contribution is 7.15. The van der Waals surface area contributed by atoms with Gasteiger partial charge in [-0.05, 0) is 33.6 Å². The van der Waals surface area contributed by atoms with E-state index in [4.69, 9.17) is 9.84 Å². The molecule has 2 amide bonds. The monoisotopic (exact) mass is 341 g/mol. The first-order valence-electron chi connectivity index (χ1n) is 7.13. The number of carbonyl (C=O) groups is 3. The first-order chi connectivity index (χ1) is 10.7. The Kier molecular flexibility index (Phi) is 4.88. The SMILES string of the molecule is CC(C)(C)OC(=O)Nc1ncc(CC[C@H]2C(=O)N[C@@H]2C(=O)O)s1. The van der Waals surface area contributed by atoms with Gasteiger partial charge in [0.25, 0.3) is 0 Å². The van der Waals surface area contributed by atoms with Crippen LogP contribution in [0.3, 0.4) is 0 Å². The van der Waals surface area contributed by atoms with Gasteiger partial charge in [-0.15, -0.1) is 11.3 Å². The van der Waals surface area contributed by atoms with Gasteiger partial charge in [0.2, 0.25) is 5.91 Å². The minimum atomic E-state index is -1.02. The average molecular weight is 341 g/mol. The van der Waals surface area contributed by atoms with Gasteiger partial charge in [0, 0.05) is 11.1 Å². The van der Waals surface area contributed by atoms with Crippen LogP contribution < -0.4 is 10.6 Å². The van der Waals surface area contributed by atoms with Crippen molar-refractivity contribution in [3.8, 4) is 0 Å². The molecule has 0 spiro atoms. The molecule has 9 heteroatoms. The van der Waals surface area contributed by atoms with Gasteiger partial charge in [0.15, 0.2) is 5.13 Å². The van der Waals surface area contributed by atoms with Crippen molar-refractivity contribution < 1.29 is 24.2 Å². The second-order valence-electron chi connectivity index (χ2n) is 6.23. The van der Waals surface area contributed by atoms with Crippen molar-refractivity contribution in [2.24, 2.45) is 5.92 Å². The number of amides is 2. The van der Waals surface area contributed by atoms with Gasteiger partial charge in [-0.1, -0.05) is 0 Å². The fourth-order valence-electron chi connectivity index (χ4n) is 2.12. The van der Waals surface area contributed by atoms with Crippen molar-refractivity contribution in [1.82, 2.24) is 10.3 Å². The van der Waals surface area contributed by atoms with Crippen molar-refractivity contribution in [3.05, 3.63) is 11.1 Å². The highest BCUT2D eigenvalue weighted by Crippen LogP contribution is 2.25. The molecule has 1 aliphatic heterocycles. The van der Waals surface area contributed by atoms with E-state index in [2.05, 4.69) is 15.6 Å². The molecule has 0 bridgehead atoms. The van der Waals surface area contributed by atoms with E-state index in [0.717, 1.165) is 4.88 Å². The molecule has 1 aliphatic rings. The molecule has 0 unspecified atom stereocenters. The second kappa shape index (κ2) is 6.53. The number of aryl methyl sites for hydroxylation is 1. The zero-order valence-corrected chi connectivity index (χ0v) is 13.9. The zero-order valence-electron chi connectivity index (χ0n) is 13.1. The Bertz CT molecular complexity index is 622. The third-order valence-corrected chi connectivity index (χ3v) is 4.14. The third kappa shape index (κ3) is 4.65. The molecule has 2 rings (SSSR count). The maximum Gasteiger partial charge on any atom is 0.413 e. The number of carbonyl (C=O) groups excluding carboxylic acids is 2. The number of aromatic nitrogens is 1. The molecule has 8 nitrogen and oxygen atoms in total. The summed E-state index contributed by atoms with van der Waals surface area (Å²) in [4.78, 5) is 38.9. The number of hydrogen-bond donors (Lipinski definition) is 3. The molecule has 1 aromatic rings. The van der Waals surface area contributed by atoms with Crippen LogP contribution in [0.25, 0.3) is 0 Å². The summed E-state index contributed by atoms with van der Waals surface area (Å²) in [7, 11) is 0. The van der Waals surface area contributed by atoms with E-state index in [0.29, 0.717) is 18.0 Å². The molecule has 0 aliphatic carbocycles. The van der Waals surface area contributed by atoms with Crippen LogP contribution >= 0.6 is 11.3 Å². The van der Waals surface area contributed by atoms with E-state index in [9.17, 15) is 14.4 Å². The second-order valence-corrected chi connectivity index (χ2v) is 7.34. The summed E-state index contributed by atoms with van der Waals surface area (Å²) in [6.07, 6.45) is 1.97. The van der Waals surface area contributed by atoms with Crippen LogP contribution in [0.15, 0.2) is 6.20 Å². The summed E-state index contributed by atoms with van der Waals surface area (Å²) in [6.45, 7) is 5.30. The average Bonchev–Trinajstić information content (AvgIpc) is 2.80. The number of aliphatic carboxylic acids is 1. The van der Waals surface area contributed by atoms with Gasteiger partial charge < -0.3 is 15.2 Å². The Labute approximate surface area is 137 Å². The van der Waals surface area contributed by atoms with E-state index < -0.39 is 29.6 Å². The molecule has 2 heterocycles. The molecular formula is C14H19N3O5S. The van der Waals surface area contributed by atoms with Crippen molar-refractivity contribution >= 4 is 34.4 Å². The molecule has 1 aromatic heterocycles. The molecule has 2 atom stereocenters. The minimum absolute atomic E-state index is 0.242. The maximum atomic E-state index is 11.6. The van der Waals surface area contributed by atoms with Crippen molar-refractivity contribution in [3.63, 3.8) is 0 Å². The van der Waals surface area contributed by atoms with Crippen LogP contribution in [0.5, 0.6) is 0 Å². The Balaban J connectivity index is 1.84. The topological polar surface area (TPSA) is 118 Å². The summed E-state index contributed by atoms with van der Waals surface area (Å²) in [6, 6.07) is -0.810. The van der Waals surface area contributed by atoms with Gasteiger partial charge in [0.05, 0.1) is 5.92 Å². The molecule has 0 aromatic carbocycles. The molecule has 1 saturated heterocycles. The van der Waals surface area contributed by atoms with Crippen molar-refractivity contribution in [1.29, 1.82) is 0 Å². The molecule has 3 N–H and O–H groups in total. The van der Waals surface area contributed by atoms with Gasteiger partial charge >= 0.3 is 12.1 Å². The Morgan fingerprint density at radius 3 is 2.74 bits per heavy atom. The lowest BCUT2D eigenvalue weighted by molar-refractivity contribution is -0.153. The lowest BCUT2D eigenvalue weighted by Crippen LogP contribution is -2.61.